The Labute approximate surface area is 205 Å². The van der Waals surface area contributed by atoms with Crippen LogP contribution in [0.2, 0.25) is 0 Å². The average Bonchev–Trinajstić information content (AvgIpc) is 2.77. The molecule has 0 saturated carbocycles. The molecule has 1 atom stereocenters. The third-order valence-electron chi connectivity index (χ3n) is 5.40. The molecule has 0 saturated heterocycles. The van der Waals surface area contributed by atoms with Crippen LogP contribution in [0.5, 0.6) is 0 Å². The monoisotopic (exact) mass is 497 g/mol. The van der Waals surface area contributed by atoms with Crippen LogP contribution >= 0.6 is 0 Å². The van der Waals surface area contributed by atoms with Crippen LogP contribution in [-0.2, 0) is 10.0 Å². The first-order chi connectivity index (χ1) is 16.5. The zero-order chi connectivity index (χ0) is 25.8. The largest absolute Gasteiger partial charge is 0.478 e. The molecule has 1 heterocycles. The molecule has 0 aliphatic rings. The fraction of sp³-hybridized carbons (Fsp3) is 0.320. The second-order valence-corrected chi connectivity index (χ2v) is 10.6. The number of nitrogens with one attached hydrogen (secondary N) is 2. The number of anilines is 2. The first-order valence-electron chi connectivity index (χ1n) is 11.3. The van der Waals surface area contributed by atoms with Crippen LogP contribution in [0.1, 0.15) is 41.8 Å². The van der Waals surface area contributed by atoms with E-state index >= 15 is 0 Å². The van der Waals surface area contributed by atoms with Crippen molar-refractivity contribution in [2.75, 3.05) is 16.6 Å². The minimum atomic E-state index is -4.14. The zero-order valence-corrected chi connectivity index (χ0v) is 21.1. The predicted octanol–water partition coefficient (Wildman–Crippen LogP) is 4.04. The minimum Gasteiger partial charge on any atom is -0.478 e. The molecule has 35 heavy (non-hydrogen) atoms. The van der Waals surface area contributed by atoms with Crippen LogP contribution in [0.25, 0.3) is 11.3 Å². The summed E-state index contributed by atoms with van der Waals surface area (Å²) in [5.74, 6) is -0.495. The van der Waals surface area contributed by atoms with E-state index in [0.717, 1.165) is 29.2 Å². The van der Waals surface area contributed by atoms with E-state index in [-0.39, 0.29) is 22.4 Å². The number of benzene rings is 2. The Morgan fingerprint density at radius 1 is 1.06 bits per heavy atom. The van der Waals surface area contributed by atoms with Gasteiger partial charge in [-0.15, -0.1) is 0 Å². The van der Waals surface area contributed by atoms with E-state index in [4.69, 9.17) is 5.73 Å². The minimum absolute atomic E-state index is 0.104. The molecular weight excluding hydrogens is 466 g/mol. The summed E-state index contributed by atoms with van der Waals surface area (Å²) in [6.45, 7) is 8.55. The lowest BCUT2D eigenvalue weighted by atomic mass is 10.00. The van der Waals surface area contributed by atoms with Gasteiger partial charge in [-0.3, -0.25) is 0 Å². The van der Waals surface area contributed by atoms with Gasteiger partial charge in [0, 0.05) is 24.2 Å². The lowest BCUT2D eigenvalue weighted by Crippen LogP contribution is -2.30. The van der Waals surface area contributed by atoms with Crippen molar-refractivity contribution >= 4 is 27.8 Å². The highest BCUT2D eigenvalue weighted by atomic mass is 32.2. The lowest BCUT2D eigenvalue weighted by Gasteiger charge is -2.17. The van der Waals surface area contributed by atoms with Crippen molar-refractivity contribution in [2.45, 2.75) is 45.1 Å². The molecule has 186 valence electrons. The maximum atomic E-state index is 13.0. The summed E-state index contributed by atoms with van der Waals surface area (Å²) < 4.78 is 28.5. The number of nitrogens with zero attached hydrogens (tertiary/aromatic N) is 2. The second-order valence-electron chi connectivity index (χ2n) is 8.94. The Morgan fingerprint density at radius 2 is 1.71 bits per heavy atom. The average molecular weight is 498 g/mol. The maximum absolute atomic E-state index is 13.0. The summed E-state index contributed by atoms with van der Waals surface area (Å²) in [6, 6.07) is 12.6. The van der Waals surface area contributed by atoms with Crippen molar-refractivity contribution in [3.8, 4) is 11.3 Å². The molecule has 1 aromatic heterocycles. The number of sulfonamides is 1. The van der Waals surface area contributed by atoms with E-state index in [1.807, 2.05) is 32.0 Å². The smallest absolute Gasteiger partial charge is 0.335 e. The molecule has 0 radical (unpaired) electrons. The van der Waals surface area contributed by atoms with Crippen LogP contribution in [0, 0.1) is 19.8 Å². The highest BCUT2D eigenvalue weighted by Gasteiger charge is 2.20. The van der Waals surface area contributed by atoms with E-state index in [2.05, 4.69) is 33.9 Å². The molecule has 0 spiro atoms. The summed E-state index contributed by atoms with van der Waals surface area (Å²) in [5.41, 5.74) is 9.45. The van der Waals surface area contributed by atoms with Crippen molar-refractivity contribution in [3.05, 3.63) is 65.2 Å². The van der Waals surface area contributed by atoms with E-state index in [9.17, 15) is 18.3 Å². The summed E-state index contributed by atoms with van der Waals surface area (Å²) in [4.78, 5) is 19.9. The SMILES string of the molecule is Cc1cccc(C)c1-c1cc(NCC(N)CC(C)C)nc(NS(=O)(=O)c2cccc(C(=O)O)c2)n1. The van der Waals surface area contributed by atoms with Gasteiger partial charge in [-0.25, -0.2) is 22.9 Å². The molecule has 3 rings (SSSR count). The molecule has 0 bridgehead atoms. The third-order valence-corrected chi connectivity index (χ3v) is 6.73. The molecule has 0 fully saturated rings. The molecule has 5 N–H and O–H groups in total. The summed E-state index contributed by atoms with van der Waals surface area (Å²) in [6.07, 6.45) is 0.821. The quantitative estimate of drug-likeness (QED) is 0.328. The van der Waals surface area contributed by atoms with Crippen LogP contribution in [0.15, 0.2) is 53.4 Å². The van der Waals surface area contributed by atoms with Crippen molar-refractivity contribution in [2.24, 2.45) is 11.7 Å². The number of carboxylic acids is 1. The summed E-state index contributed by atoms with van der Waals surface area (Å²) >= 11 is 0. The topological polar surface area (TPSA) is 147 Å². The van der Waals surface area contributed by atoms with Gasteiger partial charge in [0.1, 0.15) is 5.82 Å². The number of nitrogens with two attached hydrogens (primary N) is 1. The summed E-state index contributed by atoms with van der Waals surface area (Å²) in [7, 11) is -4.14. The number of carbonyl (C=O) groups is 1. The fourth-order valence-corrected chi connectivity index (χ4v) is 4.82. The Bertz CT molecular complexity index is 1300. The number of hydrogen-bond donors (Lipinski definition) is 4. The van der Waals surface area contributed by atoms with Gasteiger partial charge in [-0.1, -0.05) is 38.1 Å². The van der Waals surface area contributed by atoms with Crippen molar-refractivity contribution in [1.29, 1.82) is 0 Å². The molecule has 0 amide bonds. The van der Waals surface area contributed by atoms with Crippen molar-refractivity contribution in [3.63, 3.8) is 0 Å². The van der Waals surface area contributed by atoms with Crippen LogP contribution in [-0.4, -0.2) is 42.0 Å². The van der Waals surface area contributed by atoms with Gasteiger partial charge in [0.2, 0.25) is 5.95 Å². The van der Waals surface area contributed by atoms with E-state index in [1.165, 1.54) is 18.2 Å². The Morgan fingerprint density at radius 3 is 2.34 bits per heavy atom. The Balaban J connectivity index is 2.01. The van der Waals surface area contributed by atoms with Crippen molar-refractivity contribution < 1.29 is 18.3 Å². The van der Waals surface area contributed by atoms with Gasteiger partial charge in [0.15, 0.2) is 0 Å². The third kappa shape index (κ3) is 6.77. The highest BCUT2D eigenvalue weighted by molar-refractivity contribution is 7.92. The van der Waals surface area contributed by atoms with Gasteiger partial charge in [0.05, 0.1) is 16.2 Å². The van der Waals surface area contributed by atoms with Gasteiger partial charge in [-0.05, 0) is 55.5 Å². The first-order valence-corrected chi connectivity index (χ1v) is 12.8. The van der Waals surface area contributed by atoms with Gasteiger partial charge in [0.25, 0.3) is 10.0 Å². The fourth-order valence-electron chi connectivity index (χ4n) is 3.83. The van der Waals surface area contributed by atoms with Crippen LogP contribution in [0.4, 0.5) is 11.8 Å². The molecule has 1 unspecified atom stereocenters. The number of aromatic carboxylic acids is 1. The Hall–Kier alpha value is -3.50. The summed E-state index contributed by atoms with van der Waals surface area (Å²) in [5, 5.41) is 12.4. The zero-order valence-electron chi connectivity index (χ0n) is 20.2. The number of aromatic nitrogens is 2. The number of carboxylic acid groups (broad SMARTS) is 1. The molecule has 2 aromatic carbocycles. The molecular formula is C25H31N5O4S. The molecule has 3 aromatic rings. The van der Waals surface area contributed by atoms with E-state index in [1.54, 1.807) is 6.07 Å². The second kappa shape index (κ2) is 10.8. The van der Waals surface area contributed by atoms with Gasteiger partial charge >= 0.3 is 5.97 Å². The van der Waals surface area contributed by atoms with Crippen molar-refractivity contribution in [1.82, 2.24) is 9.97 Å². The van der Waals surface area contributed by atoms with Gasteiger partial charge in [-0.2, -0.15) is 4.98 Å². The van der Waals surface area contributed by atoms with Crippen LogP contribution < -0.4 is 15.8 Å². The Kier molecular flexibility index (Phi) is 8.08. The molecule has 0 aliphatic carbocycles. The normalized spacial score (nSPS) is 12.4. The van der Waals surface area contributed by atoms with Crippen LogP contribution in [0.3, 0.4) is 0 Å². The number of hydrogen-bond acceptors (Lipinski definition) is 7. The number of rotatable bonds is 10. The van der Waals surface area contributed by atoms with Gasteiger partial charge < -0.3 is 16.2 Å². The maximum Gasteiger partial charge on any atom is 0.335 e. The first kappa shape index (κ1) is 26.1. The predicted molar refractivity (Wildman–Crippen MR) is 137 cm³/mol. The number of aryl methyl sites for hydroxylation is 2. The lowest BCUT2D eigenvalue weighted by molar-refractivity contribution is 0.0696. The standard InChI is InChI=1S/C25H31N5O4S/c1-15(2)11-19(26)14-27-22-13-21(23-16(3)7-5-8-17(23)4)28-25(29-22)30-35(33,34)20-10-6-9-18(12-20)24(31)32/h5-10,12-13,15,19H,11,14,26H2,1-4H3,(H,31,32)(H2,27,28,29,30). The molecule has 10 heteroatoms. The van der Waals surface area contributed by atoms with E-state index < -0.39 is 16.0 Å². The molecule has 0 aliphatic heterocycles. The molecule has 9 nitrogen and oxygen atoms in total. The highest BCUT2D eigenvalue weighted by Crippen LogP contribution is 2.28. The van der Waals surface area contributed by atoms with E-state index in [0.29, 0.717) is 24.0 Å².